The summed E-state index contributed by atoms with van der Waals surface area (Å²) in [4.78, 5) is 23.9. The molecule has 1 aliphatic rings. The highest BCUT2D eigenvalue weighted by Crippen LogP contribution is 2.20. The van der Waals surface area contributed by atoms with E-state index in [0.717, 1.165) is 12.8 Å². The molecule has 1 heterocycles. The fraction of sp³-hybridized carbons (Fsp3) is 0.267. The van der Waals surface area contributed by atoms with E-state index >= 15 is 0 Å². The number of anilines is 2. The number of nitrogens with zero attached hydrogens (tertiary/aromatic N) is 2. The summed E-state index contributed by atoms with van der Waals surface area (Å²) in [6.07, 6.45) is 5.14. The van der Waals surface area contributed by atoms with Crippen molar-refractivity contribution in [1.82, 2.24) is 15.1 Å². The van der Waals surface area contributed by atoms with Gasteiger partial charge < -0.3 is 16.4 Å². The lowest BCUT2D eigenvalue weighted by Gasteiger charge is -2.05. The number of aromatic nitrogens is 2. The van der Waals surface area contributed by atoms with Gasteiger partial charge >= 0.3 is 0 Å². The highest BCUT2D eigenvalue weighted by atomic mass is 35.5. The van der Waals surface area contributed by atoms with E-state index in [-0.39, 0.29) is 35.8 Å². The average Bonchev–Trinajstić information content (AvgIpc) is 3.18. The van der Waals surface area contributed by atoms with Gasteiger partial charge in [0.2, 0.25) is 5.91 Å². The van der Waals surface area contributed by atoms with Gasteiger partial charge in [-0.15, -0.1) is 12.4 Å². The van der Waals surface area contributed by atoms with Gasteiger partial charge in [-0.05, 0) is 31.0 Å². The van der Waals surface area contributed by atoms with Crippen molar-refractivity contribution < 1.29 is 9.59 Å². The third-order valence-corrected chi connectivity index (χ3v) is 3.69. The summed E-state index contributed by atoms with van der Waals surface area (Å²) in [5, 5.41) is 9.89. The van der Waals surface area contributed by atoms with Gasteiger partial charge in [0.25, 0.3) is 5.91 Å². The van der Waals surface area contributed by atoms with E-state index in [1.165, 1.54) is 16.9 Å². The molecule has 0 aliphatic heterocycles. The number of nitrogens with one attached hydrogen (secondary N) is 2. The number of hydrogen-bond acceptors (Lipinski definition) is 4. The van der Waals surface area contributed by atoms with Crippen molar-refractivity contribution >= 4 is 47.2 Å². The second kappa shape index (κ2) is 7.55. The van der Waals surface area contributed by atoms with Gasteiger partial charge in [-0.2, -0.15) is 5.10 Å². The maximum atomic E-state index is 12.2. The van der Waals surface area contributed by atoms with E-state index in [1.807, 2.05) is 0 Å². The van der Waals surface area contributed by atoms with Gasteiger partial charge in [0.1, 0.15) is 6.54 Å². The molecule has 0 saturated heterocycles. The quantitative estimate of drug-likeness (QED) is 0.701. The van der Waals surface area contributed by atoms with Crippen molar-refractivity contribution in [1.29, 1.82) is 0 Å². The molecule has 2 amide bonds. The molecule has 2 aromatic rings. The van der Waals surface area contributed by atoms with Crippen LogP contribution in [0.25, 0.3) is 0 Å². The minimum atomic E-state index is -0.364. The second-order valence-electron chi connectivity index (χ2n) is 5.46. The Hall–Kier alpha value is -2.25. The molecule has 0 unspecified atom stereocenters. The van der Waals surface area contributed by atoms with Crippen LogP contribution in [0.3, 0.4) is 0 Å². The minimum absolute atomic E-state index is 0. The van der Waals surface area contributed by atoms with Crippen molar-refractivity contribution in [2.75, 3.05) is 11.1 Å². The Morgan fingerprint density at radius 1 is 1.38 bits per heavy atom. The number of nitrogen functional groups attached to an aromatic ring is 1. The normalized spacial score (nSPS) is 13.0. The summed E-state index contributed by atoms with van der Waals surface area (Å²) in [6, 6.07) is 4.99. The molecule has 0 spiro atoms. The summed E-state index contributed by atoms with van der Waals surface area (Å²) in [7, 11) is 0. The predicted octanol–water partition coefficient (Wildman–Crippen LogP) is 2.07. The molecule has 7 nitrogen and oxygen atoms in total. The van der Waals surface area contributed by atoms with E-state index in [4.69, 9.17) is 17.3 Å². The second-order valence-corrected chi connectivity index (χ2v) is 5.87. The van der Waals surface area contributed by atoms with Crippen molar-refractivity contribution in [3.8, 4) is 0 Å². The molecule has 1 saturated carbocycles. The molecule has 24 heavy (non-hydrogen) atoms. The van der Waals surface area contributed by atoms with Crippen molar-refractivity contribution in [3.63, 3.8) is 0 Å². The fourth-order valence-electron chi connectivity index (χ4n) is 2.08. The number of rotatable bonds is 5. The molecule has 0 bridgehead atoms. The number of carbonyl (C=O) groups is 2. The van der Waals surface area contributed by atoms with E-state index in [1.54, 1.807) is 18.3 Å². The van der Waals surface area contributed by atoms with Gasteiger partial charge in [-0.3, -0.25) is 14.3 Å². The van der Waals surface area contributed by atoms with Crippen molar-refractivity contribution in [2.24, 2.45) is 0 Å². The standard InChI is InChI=1S/C15H16ClN5O2.ClH/c16-13-5-9(17)1-4-12(13)15(23)20-11-6-18-21(7-11)8-14(22)19-10-2-3-10;/h1,4-7,10H,2-3,8,17H2,(H,19,22)(H,20,23);1H. The lowest BCUT2D eigenvalue weighted by atomic mass is 10.2. The summed E-state index contributed by atoms with van der Waals surface area (Å²) in [5.74, 6) is -0.452. The van der Waals surface area contributed by atoms with Crippen LogP contribution in [0.2, 0.25) is 5.02 Å². The van der Waals surface area contributed by atoms with Crippen molar-refractivity contribution in [3.05, 3.63) is 41.2 Å². The topological polar surface area (TPSA) is 102 Å². The molecule has 0 radical (unpaired) electrons. The SMILES string of the molecule is Cl.Nc1ccc(C(=O)Nc2cnn(CC(=O)NC3CC3)c2)c(Cl)c1. The number of nitrogens with two attached hydrogens (primary N) is 1. The van der Waals surface area contributed by atoms with E-state index in [9.17, 15) is 9.59 Å². The van der Waals surface area contributed by atoms with E-state index in [2.05, 4.69) is 15.7 Å². The first-order chi connectivity index (χ1) is 11.0. The van der Waals surface area contributed by atoms with E-state index < -0.39 is 0 Å². The van der Waals surface area contributed by atoms with Crippen LogP contribution in [-0.2, 0) is 11.3 Å². The van der Waals surface area contributed by atoms with Gasteiger partial charge in [0.05, 0.1) is 22.5 Å². The Morgan fingerprint density at radius 3 is 2.79 bits per heavy atom. The van der Waals surface area contributed by atoms with Crippen LogP contribution in [0, 0.1) is 0 Å². The Morgan fingerprint density at radius 2 is 2.12 bits per heavy atom. The zero-order valence-corrected chi connectivity index (χ0v) is 14.2. The van der Waals surface area contributed by atoms with Crippen LogP contribution in [0.5, 0.6) is 0 Å². The van der Waals surface area contributed by atoms with Crippen molar-refractivity contribution in [2.45, 2.75) is 25.4 Å². The van der Waals surface area contributed by atoms with Gasteiger partial charge in [-0.25, -0.2) is 0 Å². The Balaban J connectivity index is 0.00000208. The largest absolute Gasteiger partial charge is 0.399 e. The lowest BCUT2D eigenvalue weighted by Crippen LogP contribution is -2.29. The smallest absolute Gasteiger partial charge is 0.257 e. The average molecular weight is 370 g/mol. The number of carbonyl (C=O) groups excluding carboxylic acids is 2. The molecule has 3 rings (SSSR count). The first kappa shape index (κ1) is 18.1. The fourth-order valence-corrected chi connectivity index (χ4v) is 2.35. The molecule has 1 aromatic heterocycles. The monoisotopic (exact) mass is 369 g/mol. The summed E-state index contributed by atoms with van der Waals surface area (Å²) in [5.41, 5.74) is 6.90. The van der Waals surface area contributed by atoms with Gasteiger partial charge in [0, 0.05) is 17.9 Å². The van der Waals surface area contributed by atoms with Gasteiger partial charge in [-0.1, -0.05) is 11.6 Å². The number of benzene rings is 1. The number of hydrogen-bond donors (Lipinski definition) is 3. The third-order valence-electron chi connectivity index (χ3n) is 3.38. The van der Waals surface area contributed by atoms with Crippen LogP contribution in [0.4, 0.5) is 11.4 Å². The molecular weight excluding hydrogens is 353 g/mol. The summed E-state index contributed by atoms with van der Waals surface area (Å²) in [6.45, 7) is 0.120. The Kier molecular flexibility index (Phi) is 5.69. The molecule has 1 aliphatic carbocycles. The highest BCUT2D eigenvalue weighted by Gasteiger charge is 2.23. The maximum Gasteiger partial charge on any atom is 0.257 e. The molecule has 0 atom stereocenters. The number of halogens is 2. The zero-order valence-electron chi connectivity index (χ0n) is 12.7. The van der Waals surface area contributed by atoms with Crippen LogP contribution in [-0.4, -0.2) is 27.6 Å². The van der Waals surface area contributed by atoms with Gasteiger partial charge in [0.15, 0.2) is 0 Å². The van der Waals surface area contributed by atoms with E-state index in [0.29, 0.717) is 23.0 Å². The molecule has 9 heteroatoms. The third kappa shape index (κ3) is 4.62. The predicted molar refractivity (Wildman–Crippen MR) is 94.5 cm³/mol. The van der Waals surface area contributed by atoms with Crippen LogP contribution >= 0.6 is 24.0 Å². The Bertz CT molecular complexity index is 758. The van der Waals surface area contributed by atoms with Crippen LogP contribution in [0.1, 0.15) is 23.2 Å². The summed E-state index contributed by atoms with van der Waals surface area (Å²) < 4.78 is 1.47. The molecule has 4 N–H and O–H groups in total. The molecule has 1 fully saturated rings. The minimum Gasteiger partial charge on any atom is -0.399 e. The first-order valence-corrected chi connectivity index (χ1v) is 7.57. The van der Waals surface area contributed by atoms with Crippen LogP contribution in [0.15, 0.2) is 30.6 Å². The lowest BCUT2D eigenvalue weighted by molar-refractivity contribution is -0.122. The van der Waals surface area contributed by atoms with Crippen LogP contribution < -0.4 is 16.4 Å². The summed E-state index contributed by atoms with van der Waals surface area (Å²) >= 11 is 6.00. The highest BCUT2D eigenvalue weighted by molar-refractivity contribution is 6.34. The molecule has 128 valence electrons. The first-order valence-electron chi connectivity index (χ1n) is 7.19. The Labute approximate surface area is 149 Å². The zero-order chi connectivity index (χ0) is 16.4. The molecular formula is C15H17Cl2N5O2. The maximum absolute atomic E-state index is 12.2. The number of amides is 2. The molecule has 1 aromatic carbocycles.